The maximum atomic E-state index is 10.6. The van der Waals surface area contributed by atoms with E-state index in [-0.39, 0.29) is 0 Å². The summed E-state index contributed by atoms with van der Waals surface area (Å²) in [7, 11) is 0. The van der Waals surface area contributed by atoms with Crippen molar-refractivity contribution in [1.82, 2.24) is 9.78 Å². The zero-order valence-electron chi connectivity index (χ0n) is 12.7. The van der Waals surface area contributed by atoms with Crippen LogP contribution in [-0.4, -0.2) is 14.9 Å². The first-order valence-corrected chi connectivity index (χ1v) is 7.22. The molecule has 3 aromatic rings. The van der Waals surface area contributed by atoms with Gasteiger partial charge in [-0.2, -0.15) is 5.10 Å². The summed E-state index contributed by atoms with van der Waals surface area (Å²) in [5, 5.41) is 16.1. The molecule has 1 unspecified atom stereocenters. The van der Waals surface area contributed by atoms with Crippen molar-refractivity contribution < 1.29 is 5.11 Å². The van der Waals surface area contributed by atoms with Crippen molar-refractivity contribution in [1.29, 1.82) is 0 Å². The first kappa shape index (κ1) is 13.8. The zero-order valence-corrected chi connectivity index (χ0v) is 12.7. The lowest BCUT2D eigenvalue weighted by Gasteiger charge is -2.18. The first-order valence-electron chi connectivity index (χ1n) is 7.22. The second-order valence-electron chi connectivity index (χ2n) is 5.71. The van der Waals surface area contributed by atoms with Gasteiger partial charge in [0.25, 0.3) is 0 Å². The van der Waals surface area contributed by atoms with Crippen LogP contribution in [0.2, 0.25) is 0 Å². The summed E-state index contributed by atoms with van der Waals surface area (Å²) in [6.45, 7) is 6.66. The number of aryl methyl sites for hydroxylation is 3. The van der Waals surface area contributed by atoms with Crippen molar-refractivity contribution in [3.8, 4) is 0 Å². The van der Waals surface area contributed by atoms with Crippen molar-refractivity contribution >= 4 is 10.9 Å². The number of aromatic nitrogens is 2. The van der Waals surface area contributed by atoms with Crippen molar-refractivity contribution in [3.05, 3.63) is 64.8 Å². The Morgan fingerprint density at radius 1 is 1.10 bits per heavy atom. The summed E-state index contributed by atoms with van der Waals surface area (Å²) >= 11 is 0. The molecule has 0 aliphatic heterocycles. The van der Waals surface area contributed by atoms with Gasteiger partial charge in [0, 0.05) is 5.39 Å². The third kappa shape index (κ3) is 2.57. The molecule has 0 amide bonds. The van der Waals surface area contributed by atoms with Gasteiger partial charge in [0.1, 0.15) is 0 Å². The number of aliphatic hydroxyl groups is 1. The van der Waals surface area contributed by atoms with Crippen molar-refractivity contribution in [2.75, 3.05) is 0 Å². The molecule has 3 rings (SSSR count). The molecular weight excluding hydrogens is 260 g/mol. The minimum atomic E-state index is -0.547. The number of hydrogen-bond acceptors (Lipinski definition) is 2. The Kier molecular flexibility index (Phi) is 3.52. The smallest absolute Gasteiger partial charge is 0.0991 e. The van der Waals surface area contributed by atoms with E-state index in [4.69, 9.17) is 0 Å². The highest BCUT2D eigenvalue weighted by molar-refractivity contribution is 5.78. The fraction of sp³-hybridized carbons (Fsp3) is 0.278. The molecule has 1 atom stereocenters. The number of aliphatic hydroxyl groups excluding tert-OH is 1. The molecule has 0 aliphatic carbocycles. The fourth-order valence-electron chi connectivity index (χ4n) is 3.14. The molecule has 3 nitrogen and oxygen atoms in total. The predicted molar refractivity (Wildman–Crippen MR) is 85.3 cm³/mol. The molecule has 1 N–H and O–H groups in total. The minimum Gasteiger partial charge on any atom is -0.386 e. The Morgan fingerprint density at radius 3 is 2.48 bits per heavy atom. The van der Waals surface area contributed by atoms with E-state index in [1.807, 2.05) is 35.1 Å². The van der Waals surface area contributed by atoms with E-state index < -0.39 is 6.10 Å². The second-order valence-corrected chi connectivity index (χ2v) is 5.71. The van der Waals surface area contributed by atoms with Crippen LogP contribution < -0.4 is 0 Å². The average molecular weight is 280 g/mol. The third-order valence-electron chi connectivity index (χ3n) is 3.97. The topological polar surface area (TPSA) is 38.0 Å². The molecule has 2 aromatic carbocycles. The van der Waals surface area contributed by atoms with Gasteiger partial charge >= 0.3 is 0 Å². The van der Waals surface area contributed by atoms with Gasteiger partial charge in [0.2, 0.25) is 0 Å². The summed E-state index contributed by atoms with van der Waals surface area (Å²) in [5.41, 5.74) is 5.57. The van der Waals surface area contributed by atoms with Crippen LogP contribution in [0.1, 0.15) is 28.4 Å². The largest absolute Gasteiger partial charge is 0.386 e. The molecule has 0 radical (unpaired) electrons. The number of rotatable bonds is 3. The summed E-state index contributed by atoms with van der Waals surface area (Å²) in [6, 6.07) is 12.3. The highest BCUT2D eigenvalue weighted by atomic mass is 16.3. The predicted octanol–water partition coefficient (Wildman–Crippen LogP) is 3.70. The maximum absolute atomic E-state index is 10.6. The lowest BCUT2D eigenvalue weighted by molar-refractivity contribution is 0.152. The van der Waals surface area contributed by atoms with Crippen LogP contribution >= 0.6 is 0 Å². The molecule has 108 valence electrons. The van der Waals surface area contributed by atoms with E-state index in [2.05, 4.69) is 38.0 Å². The number of fused-ring (bicyclic) bond motifs is 1. The van der Waals surface area contributed by atoms with E-state index in [0.29, 0.717) is 6.54 Å². The van der Waals surface area contributed by atoms with Crippen LogP contribution in [0, 0.1) is 20.8 Å². The van der Waals surface area contributed by atoms with E-state index in [9.17, 15) is 5.11 Å². The van der Waals surface area contributed by atoms with E-state index in [1.165, 1.54) is 5.56 Å². The fourth-order valence-corrected chi connectivity index (χ4v) is 3.14. The summed E-state index contributed by atoms with van der Waals surface area (Å²) in [4.78, 5) is 0. The van der Waals surface area contributed by atoms with Crippen molar-refractivity contribution in [3.63, 3.8) is 0 Å². The number of hydrogen-bond donors (Lipinski definition) is 1. The van der Waals surface area contributed by atoms with E-state index in [1.54, 1.807) is 0 Å². The molecular formula is C18H20N2O. The zero-order chi connectivity index (χ0) is 15.0. The van der Waals surface area contributed by atoms with Gasteiger partial charge in [-0.25, -0.2) is 0 Å². The maximum Gasteiger partial charge on any atom is 0.0991 e. The number of para-hydroxylation sites is 1. The van der Waals surface area contributed by atoms with Gasteiger partial charge in [-0.1, -0.05) is 35.9 Å². The van der Waals surface area contributed by atoms with Crippen LogP contribution in [0.4, 0.5) is 0 Å². The van der Waals surface area contributed by atoms with Gasteiger partial charge in [-0.05, 0) is 43.5 Å². The van der Waals surface area contributed by atoms with Gasteiger partial charge in [0.05, 0.1) is 24.4 Å². The van der Waals surface area contributed by atoms with Gasteiger partial charge < -0.3 is 5.11 Å². The molecule has 0 spiro atoms. The molecule has 0 bridgehead atoms. The van der Waals surface area contributed by atoms with Gasteiger partial charge in [-0.15, -0.1) is 0 Å². The molecule has 0 saturated heterocycles. The Morgan fingerprint density at radius 2 is 1.76 bits per heavy atom. The monoisotopic (exact) mass is 280 g/mol. The van der Waals surface area contributed by atoms with Crippen LogP contribution in [0.3, 0.4) is 0 Å². The lowest BCUT2D eigenvalue weighted by atomic mass is 9.95. The van der Waals surface area contributed by atoms with Crippen LogP contribution in [0.15, 0.2) is 42.6 Å². The standard InChI is InChI=1S/C18H20N2O/c1-12-8-13(2)18(14(3)9-12)17(21)11-20-16-7-5-4-6-15(16)10-19-20/h4-10,17,21H,11H2,1-3H3. The Hall–Kier alpha value is -2.13. The summed E-state index contributed by atoms with van der Waals surface area (Å²) in [6.07, 6.45) is 1.30. The summed E-state index contributed by atoms with van der Waals surface area (Å²) in [5.74, 6) is 0. The van der Waals surface area contributed by atoms with Crippen LogP contribution in [0.25, 0.3) is 10.9 Å². The minimum absolute atomic E-state index is 0.470. The van der Waals surface area contributed by atoms with Crippen molar-refractivity contribution in [2.24, 2.45) is 0 Å². The molecule has 0 fully saturated rings. The Balaban J connectivity index is 1.95. The quantitative estimate of drug-likeness (QED) is 0.794. The average Bonchev–Trinajstić information content (AvgIpc) is 2.81. The van der Waals surface area contributed by atoms with Crippen molar-refractivity contribution in [2.45, 2.75) is 33.4 Å². The highest BCUT2D eigenvalue weighted by Gasteiger charge is 2.15. The third-order valence-corrected chi connectivity index (χ3v) is 3.97. The first-order chi connectivity index (χ1) is 10.1. The SMILES string of the molecule is Cc1cc(C)c(C(O)Cn2ncc3ccccc32)c(C)c1. The van der Waals surface area contributed by atoms with Crippen LogP contribution in [0.5, 0.6) is 0 Å². The number of benzene rings is 2. The summed E-state index contributed by atoms with van der Waals surface area (Å²) < 4.78 is 1.87. The van der Waals surface area contributed by atoms with E-state index >= 15 is 0 Å². The molecule has 0 saturated carbocycles. The van der Waals surface area contributed by atoms with Crippen LogP contribution in [-0.2, 0) is 6.54 Å². The molecule has 3 heteroatoms. The number of nitrogens with zero attached hydrogens (tertiary/aromatic N) is 2. The Labute approximate surface area is 124 Å². The second kappa shape index (κ2) is 5.34. The van der Waals surface area contributed by atoms with Gasteiger partial charge in [-0.3, -0.25) is 4.68 Å². The molecule has 21 heavy (non-hydrogen) atoms. The highest BCUT2D eigenvalue weighted by Crippen LogP contribution is 2.25. The van der Waals surface area contributed by atoms with Gasteiger partial charge in [0.15, 0.2) is 0 Å². The Bertz CT molecular complexity index is 766. The normalized spacial score (nSPS) is 12.8. The molecule has 0 aliphatic rings. The van der Waals surface area contributed by atoms with E-state index in [0.717, 1.165) is 27.6 Å². The lowest BCUT2D eigenvalue weighted by Crippen LogP contribution is -2.12. The molecule has 1 heterocycles. The molecule has 1 aromatic heterocycles.